The van der Waals surface area contributed by atoms with Crippen molar-refractivity contribution in [1.29, 1.82) is 5.26 Å². The molecule has 0 saturated carbocycles. The Balaban J connectivity index is 1.81. The summed E-state index contributed by atoms with van der Waals surface area (Å²) in [6, 6.07) is 9.84. The van der Waals surface area contributed by atoms with E-state index in [1.165, 1.54) is 0 Å². The van der Waals surface area contributed by atoms with E-state index in [-0.39, 0.29) is 17.6 Å². The Bertz CT molecular complexity index is 792. The standard InChI is InChI=1S/C18H19N3O2/c1-12-16(15-6-2-3-7-17(15)21-12)9-13(10-19)18(22)20-11-14-5-4-8-23-14/h2-3,6-7,9,14,21H,4-5,8,11H2,1H3,(H,20,22)/b13-9+/t14-/m0/s1. The summed E-state index contributed by atoms with van der Waals surface area (Å²) < 4.78 is 5.48. The van der Waals surface area contributed by atoms with Gasteiger partial charge in [0.15, 0.2) is 0 Å². The summed E-state index contributed by atoms with van der Waals surface area (Å²) in [4.78, 5) is 15.5. The second kappa shape index (κ2) is 6.67. The number of benzene rings is 1. The summed E-state index contributed by atoms with van der Waals surface area (Å²) >= 11 is 0. The number of rotatable bonds is 4. The van der Waals surface area contributed by atoms with E-state index < -0.39 is 0 Å². The van der Waals surface area contributed by atoms with Crippen LogP contribution < -0.4 is 5.32 Å². The molecule has 2 heterocycles. The number of carbonyl (C=O) groups is 1. The minimum Gasteiger partial charge on any atom is -0.376 e. The summed E-state index contributed by atoms with van der Waals surface area (Å²) in [7, 11) is 0. The first-order valence-electron chi connectivity index (χ1n) is 7.78. The first kappa shape index (κ1) is 15.3. The third kappa shape index (κ3) is 3.27. The predicted octanol–water partition coefficient (Wildman–Crippen LogP) is 2.68. The van der Waals surface area contributed by atoms with Crippen LogP contribution >= 0.6 is 0 Å². The van der Waals surface area contributed by atoms with Gasteiger partial charge >= 0.3 is 0 Å². The summed E-state index contributed by atoms with van der Waals surface area (Å²) in [5.41, 5.74) is 2.92. The molecule has 5 heteroatoms. The Morgan fingerprint density at radius 1 is 1.52 bits per heavy atom. The number of ether oxygens (including phenoxy) is 1. The van der Waals surface area contributed by atoms with E-state index >= 15 is 0 Å². The highest BCUT2D eigenvalue weighted by molar-refractivity contribution is 6.04. The zero-order valence-electron chi connectivity index (χ0n) is 13.1. The fourth-order valence-electron chi connectivity index (χ4n) is 2.88. The lowest BCUT2D eigenvalue weighted by atomic mass is 10.1. The Kier molecular flexibility index (Phi) is 4.45. The van der Waals surface area contributed by atoms with Gasteiger partial charge in [-0.05, 0) is 31.9 Å². The molecule has 1 atom stereocenters. The van der Waals surface area contributed by atoms with Gasteiger partial charge in [-0.1, -0.05) is 18.2 Å². The number of hydrogen-bond donors (Lipinski definition) is 2. The fourth-order valence-corrected chi connectivity index (χ4v) is 2.88. The van der Waals surface area contributed by atoms with Gasteiger partial charge in [-0.3, -0.25) is 4.79 Å². The van der Waals surface area contributed by atoms with E-state index in [0.29, 0.717) is 6.54 Å². The van der Waals surface area contributed by atoms with E-state index in [1.54, 1.807) is 6.08 Å². The van der Waals surface area contributed by atoms with Gasteiger partial charge in [-0.15, -0.1) is 0 Å². The molecule has 0 aliphatic carbocycles. The van der Waals surface area contributed by atoms with E-state index in [9.17, 15) is 10.1 Å². The highest BCUT2D eigenvalue weighted by Crippen LogP contribution is 2.24. The fraction of sp³-hybridized carbons (Fsp3) is 0.333. The van der Waals surface area contributed by atoms with Gasteiger partial charge in [0, 0.05) is 35.3 Å². The normalized spacial score (nSPS) is 18.1. The molecule has 3 rings (SSSR count). The monoisotopic (exact) mass is 309 g/mol. The van der Waals surface area contributed by atoms with Crippen LogP contribution in [0.3, 0.4) is 0 Å². The number of carbonyl (C=O) groups excluding carboxylic acids is 1. The SMILES string of the molecule is Cc1[nH]c2ccccc2c1/C=C(\C#N)C(=O)NC[C@@H]1CCCO1. The van der Waals surface area contributed by atoms with Crippen LogP contribution in [-0.2, 0) is 9.53 Å². The second-order valence-corrected chi connectivity index (χ2v) is 5.72. The Labute approximate surface area is 134 Å². The van der Waals surface area contributed by atoms with E-state index in [2.05, 4.69) is 10.3 Å². The van der Waals surface area contributed by atoms with Crippen LogP contribution in [0.1, 0.15) is 24.1 Å². The van der Waals surface area contributed by atoms with Gasteiger partial charge in [0.1, 0.15) is 11.6 Å². The van der Waals surface area contributed by atoms with Crippen molar-refractivity contribution in [3.8, 4) is 6.07 Å². The molecule has 118 valence electrons. The average Bonchev–Trinajstić information content (AvgIpc) is 3.18. The van der Waals surface area contributed by atoms with Gasteiger partial charge in [-0.25, -0.2) is 0 Å². The lowest BCUT2D eigenvalue weighted by Gasteiger charge is -2.10. The molecule has 1 fully saturated rings. The van der Waals surface area contributed by atoms with Crippen molar-refractivity contribution in [2.45, 2.75) is 25.9 Å². The summed E-state index contributed by atoms with van der Waals surface area (Å²) in [5, 5.41) is 13.1. The zero-order valence-corrected chi connectivity index (χ0v) is 13.1. The molecule has 23 heavy (non-hydrogen) atoms. The minimum absolute atomic E-state index is 0.0636. The van der Waals surface area contributed by atoms with Gasteiger partial charge < -0.3 is 15.0 Å². The molecule has 1 saturated heterocycles. The smallest absolute Gasteiger partial charge is 0.262 e. The Morgan fingerprint density at radius 2 is 2.35 bits per heavy atom. The molecule has 2 aromatic rings. The second-order valence-electron chi connectivity index (χ2n) is 5.72. The highest BCUT2D eigenvalue weighted by Gasteiger charge is 2.18. The number of H-pyrrole nitrogens is 1. The molecule has 1 amide bonds. The molecule has 5 nitrogen and oxygen atoms in total. The summed E-state index contributed by atoms with van der Waals surface area (Å²) in [6.45, 7) is 3.13. The Hall–Kier alpha value is -2.58. The molecule has 0 spiro atoms. The van der Waals surface area contributed by atoms with E-state index in [4.69, 9.17) is 4.74 Å². The third-order valence-electron chi connectivity index (χ3n) is 4.11. The van der Waals surface area contributed by atoms with Gasteiger partial charge in [0.25, 0.3) is 5.91 Å². The highest BCUT2D eigenvalue weighted by atomic mass is 16.5. The lowest BCUT2D eigenvalue weighted by molar-refractivity contribution is -0.117. The lowest BCUT2D eigenvalue weighted by Crippen LogP contribution is -2.32. The maximum absolute atomic E-state index is 12.2. The number of aromatic amines is 1. The topological polar surface area (TPSA) is 77.9 Å². The van der Waals surface area contributed by atoms with E-state index in [0.717, 1.165) is 41.6 Å². The Morgan fingerprint density at radius 3 is 3.09 bits per heavy atom. The third-order valence-corrected chi connectivity index (χ3v) is 4.11. The maximum atomic E-state index is 12.2. The first-order chi connectivity index (χ1) is 11.2. The van der Waals surface area contributed by atoms with Crippen molar-refractivity contribution in [3.05, 3.63) is 41.1 Å². The largest absolute Gasteiger partial charge is 0.376 e. The maximum Gasteiger partial charge on any atom is 0.262 e. The van der Waals surface area contributed by atoms with Crippen molar-refractivity contribution in [1.82, 2.24) is 10.3 Å². The van der Waals surface area contributed by atoms with Crippen molar-refractivity contribution in [2.24, 2.45) is 0 Å². The number of nitriles is 1. The van der Waals surface area contributed by atoms with Crippen LogP contribution in [0.15, 0.2) is 29.8 Å². The number of aryl methyl sites for hydroxylation is 1. The minimum atomic E-state index is -0.354. The van der Waals surface area contributed by atoms with Crippen LogP contribution in [0.2, 0.25) is 0 Å². The number of hydrogen-bond acceptors (Lipinski definition) is 3. The molecule has 1 aliphatic heterocycles. The molecular weight excluding hydrogens is 290 g/mol. The summed E-state index contributed by atoms with van der Waals surface area (Å²) in [5.74, 6) is -0.354. The average molecular weight is 309 g/mol. The molecule has 0 bridgehead atoms. The number of nitrogens with one attached hydrogen (secondary N) is 2. The summed E-state index contributed by atoms with van der Waals surface area (Å²) in [6.07, 6.45) is 3.69. The van der Waals surface area contributed by atoms with E-state index in [1.807, 2.05) is 37.3 Å². The number of aromatic nitrogens is 1. The predicted molar refractivity (Wildman–Crippen MR) is 88.6 cm³/mol. The molecule has 1 aliphatic rings. The molecule has 1 aromatic heterocycles. The molecule has 1 aromatic carbocycles. The van der Waals surface area contributed by atoms with Gasteiger partial charge in [-0.2, -0.15) is 5.26 Å². The molecular formula is C18H19N3O2. The van der Waals surface area contributed by atoms with Crippen LogP contribution in [0.4, 0.5) is 0 Å². The van der Waals surface area contributed by atoms with Crippen molar-refractivity contribution < 1.29 is 9.53 Å². The van der Waals surface area contributed by atoms with Crippen LogP contribution in [-0.4, -0.2) is 30.1 Å². The van der Waals surface area contributed by atoms with Crippen LogP contribution in [0.25, 0.3) is 17.0 Å². The number of para-hydroxylation sites is 1. The van der Waals surface area contributed by atoms with Crippen LogP contribution in [0, 0.1) is 18.3 Å². The first-order valence-corrected chi connectivity index (χ1v) is 7.78. The number of nitrogens with zero attached hydrogens (tertiary/aromatic N) is 1. The van der Waals surface area contributed by atoms with Gasteiger partial charge in [0.2, 0.25) is 0 Å². The van der Waals surface area contributed by atoms with Gasteiger partial charge in [0.05, 0.1) is 6.10 Å². The molecule has 0 radical (unpaired) electrons. The van der Waals surface area contributed by atoms with Crippen molar-refractivity contribution in [2.75, 3.05) is 13.2 Å². The van der Waals surface area contributed by atoms with Crippen molar-refractivity contribution in [3.63, 3.8) is 0 Å². The number of amides is 1. The molecule has 2 N–H and O–H groups in total. The van der Waals surface area contributed by atoms with Crippen LogP contribution in [0.5, 0.6) is 0 Å². The van der Waals surface area contributed by atoms with Crippen molar-refractivity contribution >= 4 is 22.9 Å². The number of fused-ring (bicyclic) bond motifs is 1. The zero-order chi connectivity index (χ0) is 16.2. The molecule has 0 unspecified atom stereocenters. The quantitative estimate of drug-likeness (QED) is 0.673.